The fraction of sp³-hybridized carbons (Fsp3) is 0. The van der Waals surface area contributed by atoms with Gasteiger partial charge in [-0.3, -0.25) is 0 Å². The van der Waals surface area contributed by atoms with Crippen LogP contribution in [0.25, 0.3) is 0 Å². The fourth-order valence-electron chi connectivity index (χ4n) is 1.02. The van der Waals surface area contributed by atoms with Gasteiger partial charge in [-0.2, -0.15) is 15.8 Å². The molecule has 0 aliphatic rings. The Morgan fingerprint density at radius 3 is 2.29 bits per heavy atom. The number of phenolic OH excluding ortho intramolecular Hbond substituents is 1. The van der Waals surface area contributed by atoms with Crippen molar-refractivity contribution in [1.29, 1.82) is 15.8 Å². The van der Waals surface area contributed by atoms with E-state index in [9.17, 15) is 5.11 Å². The Bertz CT molecular complexity index is 585. The molecule has 0 aromatic heterocycles. The van der Waals surface area contributed by atoms with Gasteiger partial charge in [0.05, 0.1) is 5.69 Å². The maximum Gasteiger partial charge on any atom is 0.163 e. The average molecular weight is 336 g/mol. The van der Waals surface area contributed by atoms with Crippen molar-refractivity contribution in [2.24, 2.45) is 0 Å². The number of aromatic hydroxyl groups is 1. The van der Waals surface area contributed by atoms with Gasteiger partial charge in [0, 0.05) is 3.57 Å². The van der Waals surface area contributed by atoms with Gasteiger partial charge in [-0.25, -0.2) is 0 Å². The van der Waals surface area contributed by atoms with Crippen LogP contribution in [0.2, 0.25) is 0 Å². The molecule has 17 heavy (non-hydrogen) atoms. The minimum atomic E-state index is -0.281. The molecule has 2 N–H and O–H groups in total. The number of halogens is 1. The van der Waals surface area contributed by atoms with E-state index in [1.54, 1.807) is 24.3 Å². The zero-order chi connectivity index (χ0) is 12.8. The van der Waals surface area contributed by atoms with E-state index in [4.69, 9.17) is 15.8 Å². The van der Waals surface area contributed by atoms with Crippen molar-refractivity contribution in [2.45, 2.75) is 0 Å². The molecule has 0 radical (unpaired) electrons. The van der Waals surface area contributed by atoms with Crippen LogP contribution in [0.3, 0.4) is 0 Å². The Morgan fingerprint density at radius 2 is 1.82 bits per heavy atom. The fourth-order valence-corrected chi connectivity index (χ4v) is 1.66. The standard InChI is InChI=1S/C11H5IN4O/c12-9-3-8(17)1-2-10(9)16-11(6-15)7(4-13)5-14/h1-3,16-17H. The molecule has 0 unspecified atom stereocenters. The van der Waals surface area contributed by atoms with Crippen LogP contribution in [0.15, 0.2) is 29.5 Å². The maximum absolute atomic E-state index is 9.22. The van der Waals surface area contributed by atoms with Gasteiger partial charge < -0.3 is 10.4 Å². The minimum absolute atomic E-state index is 0.100. The molecular formula is C11H5IN4O. The molecule has 0 spiro atoms. The Morgan fingerprint density at radius 1 is 1.18 bits per heavy atom. The Hall–Kier alpha value is -2.24. The van der Waals surface area contributed by atoms with E-state index >= 15 is 0 Å². The quantitative estimate of drug-likeness (QED) is 0.490. The highest BCUT2D eigenvalue weighted by Gasteiger charge is 2.08. The van der Waals surface area contributed by atoms with Crippen LogP contribution >= 0.6 is 22.6 Å². The summed E-state index contributed by atoms with van der Waals surface area (Å²) in [5.41, 5.74) is 0.151. The lowest BCUT2D eigenvalue weighted by molar-refractivity contribution is 0.475. The summed E-state index contributed by atoms with van der Waals surface area (Å²) in [5, 5.41) is 38.0. The first-order chi connectivity index (χ1) is 8.12. The van der Waals surface area contributed by atoms with E-state index in [1.165, 1.54) is 12.1 Å². The summed E-state index contributed by atoms with van der Waals surface area (Å²) >= 11 is 1.96. The summed E-state index contributed by atoms with van der Waals surface area (Å²) in [7, 11) is 0. The highest BCUT2D eigenvalue weighted by Crippen LogP contribution is 2.24. The van der Waals surface area contributed by atoms with Crippen molar-refractivity contribution in [1.82, 2.24) is 0 Å². The highest BCUT2D eigenvalue weighted by molar-refractivity contribution is 14.1. The van der Waals surface area contributed by atoms with Crippen LogP contribution in [-0.2, 0) is 0 Å². The number of nitrogens with one attached hydrogen (secondary N) is 1. The smallest absolute Gasteiger partial charge is 0.163 e. The monoisotopic (exact) mass is 336 g/mol. The van der Waals surface area contributed by atoms with Gasteiger partial charge in [-0.1, -0.05) is 0 Å². The molecule has 0 aliphatic heterocycles. The summed E-state index contributed by atoms with van der Waals surface area (Å²) in [5.74, 6) is 0.100. The average Bonchev–Trinajstić information content (AvgIpc) is 2.32. The lowest BCUT2D eigenvalue weighted by Crippen LogP contribution is -2.01. The van der Waals surface area contributed by atoms with E-state index in [0.29, 0.717) is 9.26 Å². The van der Waals surface area contributed by atoms with Gasteiger partial charge >= 0.3 is 0 Å². The minimum Gasteiger partial charge on any atom is -0.508 e. The van der Waals surface area contributed by atoms with Gasteiger partial charge in [0.25, 0.3) is 0 Å². The van der Waals surface area contributed by atoms with Gasteiger partial charge in [0.15, 0.2) is 5.57 Å². The van der Waals surface area contributed by atoms with Crippen molar-refractivity contribution in [2.75, 3.05) is 5.32 Å². The molecule has 1 rings (SSSR count). The lowest BCUT2D eigenvalue weighted by atomic mass is 10.2. The summed E-state index contributed by atoms with van der Waals surface area (Å²) in [4.78, 5) is 0. The molecule has 1 aromatic rings. The summed E-state index contributed by atoms with van der Waals surface area (Å²) in [6.45, 7) is 0. The van der Waals surface area contributed by atoms with Gasteiger partial charge in [0.1, 0.15) is 29.7 Å². The number of anilines is 1. The normalized spacial score (nSPS) is 8.35. The number of allylic oxidation sites excluding steroid dienone is 2. The first kappa shape index (κ1) is 12.8. The van der Waals surface area contributed by atoms with E-state index in [2.05, 4.69) is 5.32 Å². The largest absolute Gasteiger partial charge is 0.508 e. The molecule has 0 atom stereocenters. The number of phenols is 1. The van der Waals surface area contributed by atoms with Crippen molar-refractivity contribution < 1.29 is 5.11 Å². The van der Waals surface area contributed by atoms with Crippen LogP contribution < -0.4 is 5.32 Å². The zero-order valence-electron chi connectivity index (χ0n) is 8.40. The summed E-state index contributed by atoms with van der Waals surface area (Å²) in [6.07, 6.45) is 0. The third-order valence-corrected chi connectivity index (χ3v) is 2.69. The number of benzene rings is 1. The molecule has 0 aliphatic carbocycles. The van der Waals surface area contributed by atoms with E-state index in [0.717, 1.165) is 0 Å². The highest BCUT2D eigenvalue weighted by atomic mass is 127. The molecule has 5 nitrogen and oxygen atoms in total. The molecule has 82 valence electrons. The van der Waals surface area contributed by atoms with Crippen LogP contribution in [0.5, 0.6) is 5.75 Å². The first-order valence-corrected chi connectivity index (χ1v) is 5.40. The number of nitrogens with zero attached hydrogens (tertiary/aromatic N) is 3. The van der Waals surface area contributed by atoms with Crippen LogP contribution in [0.1, 0.15) is 0 Å². The van der Waals surface area contributed by atoms with Crippen molar-refractivity contribution in [3.63, 3.8) is 0 Å². The van der Waals surface area contributed by atoms with Crippen LogP contribution in [0, 0.1) is 37.6 Å². The molecule has 1 aromatic carbocycles. The van der Waals surface area contributed by atoms with Gasteiger partial charge in [-0.05, 0) is 40.8 Å². The third kappa shape index (κ3) is 3.10. The molecule has 0 saturated carbocycles. The molecule has 0 amide bonds. The van der Waals surface area contributed by atoms with Crippen molar-refractivity contribution in [3.05, 3.63) is 33.0 Å². The number of hydrogen-bond donors (Lipinski definition) is 2. The maximum atomic E-state index is 9.22. The lowest BCUT2D eigenvalue weighted by Gasteiger charge is -2.07. The van der Waals surface area contributed by atoms with E-state index in [1.807, 2.05) is 22.6 Å². The number of hydrogen-bond acceptors (Lipinski definition) is 5. The van der Waals surface area contributed by atoms with Crippen molar-refractivity contribution in [3.8, 4) is 24.0 Å². The second kappa shape index (κ2) is 5.74. The predicted molar refractivity (Wildman–Crippen MR) is 68.3 cm³/mol. The van der Waals surface area contributed by atoms with Crippen LogP contribution in [0.4, 0.5) is 5.69 Å². The topological polar surface area (TPSA) is 104 Å². The Labute approximate surface area is 111 Å². The molecule has 6 heteroatoms. The Balaban J connectivity index is 3.16. The SMILES string of the molecule is N#CC(C#N)=C(C#N)Nc1ccc(O)cc1I. The number of rotatable bonds is 2. The van der Waals surface area contributed by atoms with Crippen molar-refractivity contribution >= 4 is 28.3 Å². The third-order valence-electron chi connectivity index (χ3n) is 1.80. The van der Waals surface area contributed by atoms with Gasteiger partial charge in [-0.15, -0.1) is 0 Å². The Kier molecular flexibility index (Phi) is 4.33. The van der Waals surface area contributed by atoms with E-state index in [-0.39, 0.29) is 17.0 Å². The van der Waals surface area contributed by atoms with E-state index < -0.39 is 0 Å². The summed E-state index contributed by atoms with van der Waals surface area (Å²) < 4.78 is 0.672. The van der Waals surface area contributed by atoms with Gasteiger partial charge in [0.2, 0.25) is 0 Å². The van der Waals surface area contributed by atoms with Crippen LogP contribution in [-0.4, -0.2) is 5.11 Å². The molecule has 0 heterocycles. The number of nitriles is 3. The molecular weight excluding hydrogens is 331 g/mol. The second-order valence-corrected chi connectivity index (χ2v) is 4.04. The predicted octanol–water partition coefficient (Wildman–Crippen LogP) is 2.23. The first-order valence-electron chi connectivity index (χ1n) is 4.32. The molecule has 0 saturated heterocycles. The zero-order valence-corrected chi connectivity index (χ0v) is 10.6. The summed E-state index contributed by atoms with van der Waals surface area (Å²) in [6, 6.07) is 9.52. The molecule has 0 fully saturated rings. The second-order valence-electron chi connectivity index (χ2n) is 2.87. The molecule has 0 bridgehead atoms.